The van der Waals surface area contributed by atoms with Crippen LogP contribution in [-0.4, -0.2) is 16.9 Å². The molecular weight excluding hydrogens is 260 g/mol. The molecule has 0 aromatic heterocycles. The van der Waals surface area contributed by atoms with Gasteiger partial charge >= 0.3 is 5.97 Å². The molecule has 1 aromatic carbocycles. The van der Waals surface area contributed by atoms with E-state index in [1.54, 1.807) is 19.1 Å². The number of carboxylic acid groups (broad SMARTS) is 1. The minimum Gasteiger partial charge on any atom is -0.478 e. The van der Waals surface area contributed by atoms with Crippen molar-refractivity contribution in [1.82, 2.24) is 0 Å². The van der Waals surface area contributed by atoms with Crippen LogP contribution in [0, 0.1) is 6.92 Å². The van der Waals surface area contributed by atoms with E-state index in [2.05, 4.69) is 15.9 Å². The van der Waals surface area contributed by atoms with Crippen LogP contribution < -0.4 is 0 Å². The van der Waals surface area contributed by atoms with E-state index < -0.39 is 10.8 Å². The minimum absolute atomic E-state index is 0.0411. The summed E-state index contributed by atoms with van der Waals surface area (Å²) in [6, 6.07) is 4.92. The molecule has 0 fully saturated rings. The molecule has 0 radical (unpaired) electrons. The van der Waals surface area contributed by atoms with Gasteiger partial charge in [0.2, 0.25) is 0 Å². The average molecular weight is 271 g/mol. The highest BCUT2D eigenvalue weighted by molar-refractivity contribution is 9.09. The lowest BCUT2D eigenvalue weighted by Gasteiger charge is -2.11. The summed E-state index contributed by atoms with van der Waals surface area (Å²) in [5.41, 5.74) is 1.57. The molecule has 0 aliphatic rings. The van der Waals surface area contributed by atoms with Crippen molar-refractivity contribution in [3.63, 3.8) is 0 Å². The Morgan fingerprint density at radius 2 is 2.00 bits per heavy atom. The highest BCUT2D eigenvalue weighted by Gasteiger charge is 2.18. The molecule has 0 saturated heterocycles. The van der Waals surface area contributed by atoms with Gasteiger partial charge in [0.15, 0.2) is 0 Å². The van der Waals surface area contributed by atoms with E-state index in [0.29, 0.717) is 11.1 Å². The van der Waals surface area contributed by atoms with E-state index in [1.165, 1.54) is 13.0 Å². The minimum atomic E-state index is -0.974. The van der Waals surface area contributed by atoms with Crippen molar-refractivity contribution in [1.29, 1.82) is 0 Å². The number of carboxylic acids is 1. The van der Waals surface area contributed by atoms with Crippen molar-refractivity contribution >= 4 is 27.7 Å². The van der Waals surface area contributed by atoms with Gasteiger partial charge in [0.05, 0.1) is 10.4 Å². The predicted molar refractivity (Wildman–Crippen MR) is 60.5 cm³/mol. The van der Waals surface area contributed by atoms with Gasteiger partial charge in [-0.25, -0.2) is 4.79 Å². The third kappa shape index (κ3) is 2.45. The standard InChI is InChI=1S/C11H11BrO3/c1-6-8(10(12)7(2)13)4-3-5-9(6)11(14)15/h3-5,10H,1-2H3,(H,14,15). The van der Waals surface area contributed by atoms with Crippen LogP contribution in [0.4, 0.5) is 0 Å². The Bertz CT molecular complexity index is 412. The molecule has 0 aliphatic heterocycles. The summed E-state index contributed by atoms with van der Waals surface area (Å²) in [7, 11) is 0. The SMILES string of the molecule is CC(=O)C(Br)c1cccc(C(=O)O)c1C. The molecule has 0 bridgehead atoms. The van der Waals surface area contributed by atoms with Gasteiger partial charge in [-0.3, -0.25) is 4.79 Å². The molecule has 80 valence electrons. The van der Waals surface area contributed by atoms with E-state index >= 15 is 0 Å². The summed E-state index contributed by atoms with van der Waals surface area (Å²) >= 11 is 3.24. The van der Waals surface area contributed by atoms with E-state index in [9.17, 15) is 9.59 Å². The van der Waals surface area contributed by atoms with E-state index in [0.717, 1.165) is 0 Å². The summed E-state index contributed by atoms with van der Waals surface area (Å²) in [5, 5.41) is 8.91. The smallest absolute Gasteiger partial charge is 0.335 e. The molecule has 0 saturated carbocycles. The zero-order valence-corrected chi connectivity index (χ0v) is 10.0. The van der Waals surface area contributed by atoms with Crippen LogP contribution in [0.5, 0.6) is 0 Å². The number of aromatic carboxylic acids is 1. The molecule has 1 rings (SSSR count). The number of carbonyl (C=O) groups is 2. The fourth-order valence-electron chi connectivity index (χ4n) is 1.38. The second-order valence-electron chi connectivity index (χ2n) is 3.30. The maximum Gasteiger partial charge on any atom is 0.335 e. The number of rotatable bonds is 3. The Labute approximate surface area is 96.2 Å². The van der Waals surface area contributed by atoms with Crippen LogP contribution in [-0.2, 0) is 4.79 Å². The van der Waals surface area contributed by atoms with Gasteiger partial charge < -0.3 is 5.11 Å². The average Bonchev–Trinajstić information content (AvgIpc) is 2.16. The first-order chi connectivity index (χ1) is 6.95. The monoisotopic (exact) mass is 270 g/mol. The van der Waals surface area contributed by atoms with Gasteiger partial charge in [0.25, 0.3) is 0 Å². The molecule has 15 heavy (non-hydrogen) atoms. The molecule has 1 unspecified atom stereocenters. The summed E-state index contributed by atoms with van der Waals surface area (Å²) in [4.78, 5) is 21.6. The number of carbonyl (C=O) groups excluding carboxylic acids is 1. The summed E-state index contributed by atoms with van der Waals surface area (Å²) in [5.74, 6) is -1.02. The van der Waals surface area contributed by atoms with Crippen molar-refractivity contribution in [2.24, 2.45) is 0 Å². The number of hydrogen-bond acceptors (Lipinski definition) is 2. The molecule has 4 heteroatoms. The molecule has 1 aromatic rings. The zero-order chi connectivity index (χ0) is 11.6. The Kier molecular flexibility index (Phi) is 3.63. The number of halogens is 1. The second-order valence-corrected chi connectivity index (χ2v) is 4.21. The van der Waals surface area contributed by atoms with Crippen molar-refractivity contribution in [3.8, 4) is 0 Å². The Hall–Kier alpha value is -1.16. The first kappa shape index (κ1) is 11.9. The fraction of sp³-hybridized carbons (Fsp3) is 0.273. The first-order valence-corrected chi connectivity index (χ1v) is 5.34. The first-order valence-electron chi connectivity index (χ1n) is 4.42. The van der Waals surface area contributed by atoms with Crippen molar-refractivity contribution in [3.05, 3.63) is 34.9 Å². The largest absolute Gasteiger partial charge is 0.478 e. The lowest BCUT2D eigenvalue weighted by atomic mass is 9.99. The topological polar surface area (TPSA) is 54.4 Å². The fourth-order valence-corrected chi connectivity index (χ4v) is 1.87. The number of Topliss-reactive ketones (excluding diaryl/α,β-unsaturated/α-hetero) is 1. The van der Waals surface area contributed by atoms with Crippen LogP contribution in [0.15, 0.2) is 18.2 Å². The summed E-state index contributed by atoms with van der Waals surface area (Å²) in [6.45, 7) is 3.17. The highest BCUT2D eigenvalue weighted by Crippen LogP contribution is 2.28. The Morgan fingerprint density at radius 3 is 2.47 bits per heavy atom. The molecule has 1 N–H and O–H groups in total. The van der Waals surface area contributed by atoms with Gasteiger partial charge in [0, 0.05) is 0 Å². The van der Waals surface area contributed by atoms with Crippen LogP contribution in [0.25, 0.3) is 0 Å². The number of hydrogen-bond donors (Lipinski definition) is 1. The van der Waals surface area contributed by atoms with Gasteiger partial charge in [-0.2, -0.15) is 0 Å². The molecule has 0 heterocycles. The van der Waals surface area contributed by atoms with E-state index in [-0.39, 0.29) is 11.3 Å². The molecule has 3 nitrogen and oxygen atoms in total. The number of alkyl halides is 1. The molecule has 0 amide bonds. The molecule has 1 atom stereocenters. The van der Waals surface area contributed by atoms with Gasteiger partial charge in [-0.15, -0.1) is 0 Å². The van der Waals surface area contributed by atoms with Gasteiger partial charge in [0.1, 0.15) is 5.78 Å². The normalized spacial score (nSPS) is 12.2. The van der Waals surface area contributed by atoms with Crippen molar-refractivity contribution in [2.45, 2.75) is 18.7 Å². The van der Waals surface area contributed by atoms with E-state index in [4.69, 9.17) is 5.11 Å². The van der Waals surface area contributed by atoms with Gasteiger partial charge in [-0.1, -0.05) is 28.1 Å². The molecule has 0 aliphatic carbocycles. The van der Waals surface area contributed by atoms with Crippen LogP contribution in [0.1, 0.15) is 33.2 Å². The Morgan fingerprint density at radius 1 is 1.40 bits per heavy atom. The predicted octanol–water partition coefficient (Wildman–Crippen LogP) is 2.72. The summed E-state index contributed by atoms with van der Waals surface area (Å²) in [6.07, 6.45) is 0. The quantitative estimate of drug-likeness (QED) is 0.860. The molecule has 0 spiro atoms. The maximum absolute atomic E-state index is 11.2. The third-order valence-electron chi connectivity index (χ3n) is 2.24. The van der Waals surface area contributed by atoms with Crippen LogP contribution in [0.3, 0.4) is 0 Å². The summed E-state index contributed by atoms with van der Waals surface area (Å²) < 4.78 is 0. The van der Waals surface area contributed by atoms with Crippen LogP contribution in [0.2, 0.25) is 0 Å². The second kappa shape index (κ2) is 4.57. The van der Waals surface area contributed by atoms with Crippen molar-refractivity contribution < 1.29 is 14.7 Å². The zero-order valence-electron chi connectivity index (χ0n) is 8.45. The highest BCUT2D eigenvalue weighted by atomic mass is 79.9. The van der Waals surface area contributed by atoms with Gasteiger partial charge in [-0.05, 0) is 31.0 Å². The third-order valence-corrected chi connectivity index (χ3v) is 3.37. The Balaban J connectivity index is 3.26. The van der Waals surface area contributed by atoms with Crippen LogP contribution >= 0.6 is 15.9 Å². The molecular formula is C11H11BrO3. The van der Waals surface area contributed by atoms with E-state index in [1.807, 2.05) is 0 Å². The lowest BCUT2D eigenvalue weighted by Crippen LogP contribution is -2.07. The van der Waals surface area contributed by atoms with Crippen molar-refractivity contribution in [2.75, 3.05) is 0 Å². The lowest BCUT2D eigenvalue weighted by molar-refractivity contribution is -0.116. The number of ketones is 1. The maximum atomic E-state index is 11.2. The number of benzene rings is 1.